The monoisotopic (exact) mass is 678 g/mol. The van der Waals surface area contributed by atoms with E-state index < -0.39 is 5.54 Å². The fourth-order valence-corrected chi connectivity index (χ4v) is 4.10. The Morgan fingerprint density at radius 2 is 1.27 bits per heavy atom. The zero-order valence-electron chi connectivity index (χ0n) is 27.9. The number of nitrogens with one attached hydrogen (secondary N) is 4. The van der Waals surface area contributed by atoms with Crippen molar-refractivity contribution >= 4 is 47.7 Å². The van der Waals surface area contributed by atoms with Crippen molar-refractivity contribution in [1.29, 1.82) is 0 Å². The van der Waals surface area contributed by atoms with E-state index >= 15 is 0 Å². The van der Waals surface area contributed by atoms with Gasteiger partial charge in [-0.05, 0) is 30.7 Å². The summed E-state index contributed by atoms with van der Waals surface area (Å²) in [5.74, 6) is -1.41. The second-order valence-corrected chi connectivity index (χ2v) is 11.4. The molecule has 15 heteroatoms. The summed E-state index contributed by atoms with van der Waals surface area (Å²) >= 11 is 0. The third-order valence-corrected chi connectivity index (χ3v) is 6.75. The van der Waals surface area contributed by atoms with E-state index in [9.17, 15) is 38.7 Å². The van der Waals surface area contributed by atoms with Crippen LogP contribution in [0.15, 0.2) is 24.3 Å². The average molecular weight is 679 g/mol. The third-order valence-electron chi connectivity index (χ3n) is 6.75. The molecule has 5 N–H and O–H groups in total. The van der Waals surface area contributed by atoms with E-state index in [0.717, 1.165) is 0 Å². The first-order valence-corrected chi connectivity index (χ1v) is 16.1. The quantitative estimate of drug-likeness (QED) is 0.0482. The molecule has 0 aliphatic carbocycles. The van der Waals surface area contributed by atoms with Crippen LogP contribution in [0, 0.1) is 5.92 Å². The van der Waals surface area contributed by atoms with Crippen molar-refractivity contribution in [3.8, 4) is 5.75 Å². The Balaban J connectivity index is 2.74. The molecule has 0 saturated heterocycles. The Labute approximate surface area is 281 Å². The van der Waals surface area contributed by atoms with Gasteiger partial charge in [0, 0.05) is 69.6 Å². The van der Waals surface area contributed by atoms with Gasteiger partial charge in [0.05, 0.1) is 39.6 Å². The summed E-state index contributed by atoms with van der Waals surface area (Å²) in [7, 11) is 0. The highest BCUT2D eigenvalue weighted by Gasteiger charge is 2.34. The van der Waals surface area contributed by atoms with E-state index in [1.54, 1.807) is 26.0 Å². The number of carbonyl (C=O) groups excluding carboxylic acids is 7. The lowest BCUT2D eigenvalue weighted by Gasteiger charge is -2.34. The second-order valence-electron chi connectivity index (χ2n) is 11.4. The number of amides is 4. The van der Waals surface area contributed by atoms with Crippen molar-refractivity contribution in [2.24, 2.45) is 5.92 Å². The number of Topliss-reactive ketones (excluding diaryl/α,β-unsaturated/α-hetero) is 1. The molecule has 0 aliphatic heterocycles. The first kappa shape index (κ1) is 41.8. The van der Waals surface area contributed by atoms with Crippen molar-refractivity contribution < 1.29 is 52.9 Å². The number of rotatable bonds is 28. The van der Waals surface area contributed by atoms with Gasteiger partial charge in [-0.3, -0.25) is 24.0 Å². The molecular formula is C33H50N4O11. The highest BCUT2D eigenvalue weighted by Crippen LogP contribution is 2.14. The Kier molecular flexibility index (Phi) is 21.7. The van der Waals surface area contributed by atoms with Gasteiger partial charge in [-0.15, -0.1) is 0 Å². The molecule has 0 radical (unpaired) electrons. The highest BCUT2D eigenvalue weighted by molar-refractivity contribution is 5.91. The normalized spacial score (nSPS) is 12.1. The minimum atomic E-state index is -1.25. The molecule has 0 aromatic heterocycles. The molecule has 268 valence electrons. The van der Waals surface area contributed by atoms with Crippen LogP contribution in [0.3, 0.4) is 0 Å². The standard InChI is InChI=1S/C33H50N4O11/c1-25(2)28(41)6-3-7-32(45)37-33(22-46-19-5-18-39,23-47-20-13-29(42)34-15-4-17-38)24-48-21-14-30(43)35-16-12-31(44)36-26-8-10-27(40)11-9-26/h8-11,17-18,25,40H,3-7,12-16,19-24H2,1-2H3,(H,34,42)(H,35,43)(H,36,44)(H,37,45). The fraction of sp³-hybridized carbons (Fsp3) is 0.606. The van der Waals surface area contributed by atoms with Gasteiger partial charge in [-0.2, -0.15) is 0 Å². The van der Waals surface area contributed by atoms with E-state index in [1.807, 2.05) is 0 Å². The largest absolute Gasteiger partial charge is 0.508 e. The van der Waals surface area contributed by atoms with E-state index in [2.05, 4.69) is 21.3 Å². The summed E-state index contributed by atoms with van der Waals surface area (Å²) in [4.78, 5) is 82.8. The smallest absolute Gasteiger partial charge is 0.226 e. The molecule has 4 amide bonds. The molecule has 1 aromatic carbocycles. The summed E-state index contributed by atoms with van der Waals surface area (Å²) in [6, 6.07) is 5.98. The van der Waals surface area contributed by atoms with Crippen LogP contribution >= 0.6 is 0 Å². The predicted molar refractivity (Wildman–Crippen MR) is 175 cm³/mol. The van der Waals surface area contributed by atoms with Gasteiger partial charge >= 0.3 is 0 Å². The number of aromatic hydroxyl groups is 1. The maximum atomic E-state index is 13.0. The first-order chi connectivity index (χ1) is 23.0. The van der Waals surface area contributed by atoms with Gasteiger partial charge in [0.25, 0.3) is 0 Å². The van der Waals surface area contributed by atoms with Crippen LogP contribution in [-0.2, 0) is 47.8 Å². The van der Waals surface area contributed by atoms with Crippen LogP contribution in [0.25, 0.3) is 0 Å². The van der Waals surface area contributed by atoms with Crippen molar-refractivity contribution in [3.63, 3.8) is 0 Å². The third kappa shape index (κ3) is 20.1. The van der Waals surface area contributed by atoms with Crippen molar-refractivity contribution in [2.45, 2.75) is 70.8 Å². The van der Waals surface area contributed by atoms with Crippen LogP contribution in [0.5, 0.6) is 5.75 Å². The summed E-state index contributed by atoms with van der Waals surface area (Å²) in [5, 5.41) is 20.1. The molecule has 15 nitrogen and oxygen atoms in total. The van der Waals surface area contributed by atoms with Crippen molar-refractivity contribution in [1.82, 2.24) is 16.0 Å². The van der Waals surface area contributed by atoms with Crippen LogP contribution < -0.4 is 21.3 Å². The highest BCUT2D eigenvalue weighted by atomic mass is 16.5. The van der Waals surface area contributed by atoms with Gasteiger partial charge in [-0.1, -0.05) is 13.8 Å². The van der Waals surface area contributed by atoms with E-state index in [0.29, 0.717) is 24.7 Å². The van der Waals surface area contributed by atoms with Crippen LogP contribution in [0.2, 0.25) is 0 Å². The zero-order valence-corrected chi connectivity index (χ0v) is 27.9. The summed E-state index contributed by atoms with van der Waals surface area (Å²) in [5.41, 5.74) is -0.743. The van der Waals surface area contributed by atoms with Crippen molar-refractivity contribution in [2.75, 3.05) is 58.0 Å². The van der Waals surface area contributed by atoms with Crippen LogP contribution in [-0.4, -0.2) is 105 Å². The molecule has 0 fully saturated rings. The number of anilines is 1. The molecule has 1 aromatic rings. The van der Waals surface area contributed by atoms with E-state index in [1.165, 1.54) is 12.1 Å². The minimum absolute atomic E-state index is 0.000185. The SMILES string of the molecule is CC(C)C(=O)CCCC(=O)NC(COCCC=O)(COCCC(=O)NCCC=O)COCCC(=O)NCCC(=O)Nc1ccc(O)cc1. The maximum absolute atomic E-state index is 13.0. The van der Waals surface area contributed by atoms with Gasteiger partial charge in [0.2, 0.25) is 23.6 Å². The first-order valence-electron chi connectivity index (χ1n) is 16.1. The molecule has 0 spiro atoms. The zero-order chi connectivity index (χ0) is 35.6. The molecule has 1 atom stereocenters. The lowest BCUT2D eigenvalue weighted by atomic mass is 10.0. The van der Waals surface area contributed by atoms with Gasteiger partial charge in [-0.25, -0.2) is 0 Å². The Bertz CT molecular complexity index is 1160. The number of ketones is 1. The number of phenolic OH excluding ortho intramolecular Hbond substituents is 1. The average Bonchev–Trinajstić information content (AvgIpc) is 3.04. The lowest BCUT2D eigenvalue weighted by molar-refractivity contribution is -0.130. The second kappa shape index (κ2) is 24.9. The number of carbonyl (C=O) groups is 7. The summed E-state index contributed by atoms with van der Waals surface area (Å²) < 4.78 is 17.2. The molecule has 48 heavy (non-hydrogen) atoms. The molecule has 0 heterocycles. The number of phenols is 1. The van der Waals surface area contributed by atoms with E-state index in [-0.39, 0.29) is 139 Å². The maximum Gasteiger partial charge on any atom is 0.226 e. The number of aldehydes is 2. The number of hydrogen-bond acceptors (Lipinski definition) is 11. The minimum Gasteiger partial charge on any atom is -0.508 e. The number of hydrogen-bond donors (Lipinski definition) is 5. The molecule has 0 aliphatic rings. The van der Waals surface area contributed by atoms with Gasteiger partial charge in [0.15, 0.2) is 0 Å². The lowest BCUT2D eigenvalue weighted by Crippen LogP contribution is -2.58. The predicted octanol–water partition coefficient (Wildman–Crippen LogP) is 1.21. The number of benzene rings is 1. The van der Waals surface area contributed by atoms with Gasteiger partial charge < -0.3 is 50.2 Å². The Morgan fingerprint density at radius 1 is 0.708 bits per heavy atom. The molecule has 0 bridgehead atoms. The summed E-state index contributed by atoms with van der Waals surface area (Å²) in [6.45, 7) is 3.52. The fourth-order valence-electron chi connectivity index (χ4n) is 4.10. The Morgan fingerprint density at radius 3 is 1.83 bits per heavy atom. The Hall–Kier alpha value is -4.21. The molecule has 1 unspecified atom stereocenters. The van der Waals surface area contributed by atoms with E-state index in [4.69, 9.17) is 14.2 Å². The number of ether oxygens (including phenoxy) is 3. The van der Waals surface area contributed by atoms with Crippen LogP contribution in [0.1, 0.15) is 65.2 Å². The molecular weight excluding hydrogens is 628 g/mol. The molecule has 0 saturated carbocycles. The van der Waals surface area contributed by atoms with Crippen LogP contribution in [0.4, 0.5) is 5.69 Å². The van der Waals surface area contributed by atoms with Crippen molar-refractivity contribution in [3.05, 3.63) is 24.3 Å². The topological polar surface area (TPSA) is 216 Å². The van der Waals surface area contributed by atoms with Gasteiger partial charge in [0.1, 0.15) is 29.6 Å². The molecule has 1 rings (SSSR count). The summed E-state index contributed by atoms with van der Waals surface area (Å²) in [6.07, 6.45) is 2.31.